The van der Waals surface area contributed by atoms with Gasteiger partial charge in [0.05, 0.1) is 23.2 Å². The number of sulfone groups is 2. The molecule has 0 spiro atoms. The van der Waals surface area contributed by atoms with E-state index in [4.69, 9.17) is 0 Å². The highest BCUT2D eigenvalue weighted by molar-refractivity contribution is 7.94. The SMILES string of the molecule is CCCS(=O)(=O)c1c(S(=O)(=O)CCC)c2ccccn2c1C(=O)N/N=C\c1ccccc1O. The predicted molar refractivity (Wildman–Crippen MR) is 125 cm³/mol. The molecule has 176 valence electrons. The number of carbonyl (C=O) groups excluding carboxylic acids is 1. The molecule has 0 fully saturated rings. The number of para-hydroxylation sites is 1. The summed E-state index contributed by atoms with van der Waals surface area (Å²) in [5.74, 6) is -1.53. The molecule has 0 unspecified atom stereocenters. The van der Waals surface area contributed by atoms with Crippen LogP contribution in [0.2, 0.25) is 0 Å². The lowest BCUT2D eigenvalue weighted by Gasteiger charge is -2.08. The van der Waals surface area contributed by atoms with E-state index in [0.29, 0.717) is 5.56 Å². The molecule has 9 nitrogen and oxygen atoms in total. The van der Waals surface area contributed by atoms with Gasteiger partial charge in [0.15, 0.2) is 19.7 Å². The minimum Gasteiger partial charge on any atom is -0.507 e. The second kappa shape index (κ2) is 9.75. The first-order valence-corrected chi connectivity index (χ1v) is 13.6. The number of hydrogen-bond acceptors (Lipinski definition) is 7. The van der Waals surface area contributed by atoms with Crippen LogP contribution in [0.15, 0.2) is 63.6 Å². The number of hydrogen-bond donors (Lipinski definition) is 2. The summed E-state index contributed by atoms with van der Waals surface area (Å²) >= 11 is 0. The number of carbonyl (C=O) groups is 1. The molecule has 1 aromatic carbocycles. The normalized spacial score (nSPS) is 12.4. The van der Waals surface area contributed by atoms with Crippen LogP contribution in [-0.2, 0) is 19.7 Å². The average molecular weight is 492 g/mol. The molecule has 0 bridgehead atoms. The predicted octanol–water partition coefficient (Wildman–Crippen LogP) is 2.78. The summed E-state index contributed by atoms with van der Waals surface area (Å²) in [4.78, 5) is 12.3. The maximum atomic E-state index is 13.2. The van der Waals surface area contributed by atoms with Crippen LogP contribution in [-0.4, -0.2) is 50.0 Å². The van der Waals surface area contributed by atoms with E-state index in [0.717, 1.165) is 0 Å². The van der Waals surface area contributed by atoms with E-state index in [1.807, 2.05) is 0 Å². The minimum atomic E-state index is -4.12. The summed E-state index contributed by atoms with van der Waals surface area (Å²) in [6.45, 7) is 3.33. The molecule has 2 aromatic heterocycles. The molecule has 0 aliphatic heterocycles. The van der Waals surface area contributed by atoms with Crippen LogP contribution in [0.1, 0.15) is 42.7 Å². The van der Waals surface area contributed by atoms with Gasteiger partial charge in [-0.15, -0.1) is 0 Å². The van der Waals surface area contributed by atoms with Crippen molar-refractivity contribution in [2.45, 2.75) is 36.5 Å². The van der Waals surface area contributed by atoms with E-state index in [9.17, 15) is 26.7 Å². The first kappa shape index (κ1) is 24.5. The molecule has 3 rings (SSSR count). The molecule has 0 radical (unpaired) electrons. The monoisotopic (exact) mass is 491 g/mol. The van der Waals surface area contributed by atoms with Gasteiger partial charge in [-0.1, -0.05) is 32.0 Å². The highest BCUT2D eigenvalue weighted by Crippen LogP contribution is 2.34. The van der Waals surface area contributed by atoms with E-state index >= 15 is 0 Å². The number of hydrazone groups is 1. The molecule has 0 aliphatic carbocycles. The van der Waals surface area contributed by atoms with Gasteiger partial charge in [-0.05, 0) is 37.1 Å². The molecule has 33 heavy (non-hydrogen) atoms. The van der Waals surface area contributed by atoms with Crippen LogP contribution in [0.5, 0.6) is 5.75 Å². The lowest BCUT2D eigenvalue weighted by Crippen LogP contribution is -2.23. The molecule has 11 heteroatoms. The third kappa shape index (κ3) is 4.93. The van der Waals surface area contributed by atoms with Gasteiger partial charge in [0.2, 0.25) is 0 Å². The molecule has 0 saturated carbocycles. The second-order valence-electron chi connectivity index (χ2n) is 7.36. The lowest BCUT2D eigenvalue weighted by molar-refractivity contribution is 0.0945. The smallest absolute Gasteiger partial charge is 0.289 e. The molecule has 2 heterocycles. The summed E-state index contributed by atoms with van der Waals surface area (Å²) in [6, 6.07) is 10.9. The molecule has 2 N–H and O–H groups in total. The zero-order valence-electron chi connectivity index (χ0n) is 18.2. The molecular formula is C22H25N3O6S2. The Morgan fingerprint density at radius 2 is 1.58 bits per heavy atom. The number of nitrogens with zero attached hydrogens (tertiary/aromatic N) is 2. The number of phenolic OH excluding ortho intramolecular Hbond substituents is 1. The van der Waals surface area contributed by atoms with Crippen LogP contribution in [0, 0.1) is 0 Å². The summed E-state index contributed by atoms with van der Waals surface area (Å²) < 4.78 is 53.9. The Labute approximate surface area is 192 Å². The number of aromatic nitrogens is 1. The number of rotatable bonds is 9. The van der Waals surface area contributed by atoms with Gasteiger partial charge in [0.25, 0.3) is 5.91 Å². The summed E-state index contributed by atoms with van der Waals surface area (Å²) in [6.07, 6.45) is 3.17. The molecule has 1 amide bonds. The largest absolute Gasteiger partial charge is 0.507 e. The van der Waals surface area contributed by atoms with Gasteiger partial charge in [-0.3, -0.25) is 4.79 Å². The number of phenols is 1. The number of benzene rings is 1. The van der Waals surface area contributed by atoms with Crippen molar-refractivity contribution >= 4 is 37.3 Å². The van der Waals surface area contributed by atoms with Crippen LogP contribution in [0.25, 0.3) is 5.52 Å². The van der Waals surface area contributed by atoms with Crippen molar-refractivity contribution in [3.8, 4) is 5.75 Å². The fourth-order valence-electron chi connectivity index (χ4n) is 3.51. The number of fused-ring (bicyclic) bond motifs is 1. The zero-order chi connectivity index (χ0) is 24.2. The van der Waals surface area contributed by atoms with Gasteiger partial charge in [-0.2, -0.15) is 5.10 Å². The van der Waals surface area contributed by atoms with Crippen LogP contribution < -0.4 is 5.43 Å². The van der Waals surface area contributed by atoms with Crippen molar-refractivity contribution in [2.75, 3.05) is 11.5 Å². The molecule has 0 aliphatic rings. The van der Waals surface area contributed by atoms with E-state index in [1.54, 1.807) is 44.2 Å². The van der Waals surface area contributed by atoms with E-state index in [2.05, 4.69) is 10.5 Å². The number of pyridine rings is 1. The summed E-state index contributed by atoms with van der Waals surface area (Å²) in [7, 11) is -8.12. The summed E-state index contributed by atoms with van der Waals surface area (Å²) in [5, 5.41) is 13.7. The Kier molecular flexibility index (Phi) is 7.23. The van der Waals surface area contributed by atoms with Gasteiger partial charge < -0.3 is 9.51 Å². The first-order chi connectivity index (χ1) is 15.6. The van der Waals surface area contributed by atoms with Gasteiger partial charge in [0.1, 0.15) is 21.2 Å². The van der Waals surface area contributed by atoms with E-state index in [-0.39, 0.29) is 46.2 Å². The summed E-state index contributed by atoms with van der Waals surface area (Å²) in [5.41, 5.74) is 2.37. The van der Waals surface area contributed by atoms with Gasteiger partial charge in [0, 0.05) is 11.8 Å². The maximum Gasteiger partial charge on any atom is 0.289 e. The van der Waals surface area contributed by atoms with Crippen LogP contribution >= 0.6 is 0 Å². The Hall–Kier alpha value is -3.18. The van der Waals surface area contributed by atoms with Crippen molar-refractivity contribution < 1.29 is 26.7 Å². The van der Waals surface area contributed by atoms with Crippen LogP contribution in [0.3, 0.4) is 0 Å². The molecular weight excluding hydrogens is 466 g/mol. The second-order valence-corrected chi connectivity index (χ2v) is 11.5. The first-order valence-electron chi connectivity index (χ1n) is 10.3. The van der Waals surface area contributed by atoms with Crippen molar-refractivity contribution in [3.05, 3.63) is 59.9 Å². The molecule has 0 saturated heterocycles. The lowest BCUT2D eigenvalue weighted by atomic mass is 10.2. The van der Waals surface area contributed by atoms with E-state index < -0.39 is 30.5 Å². The number of amides is 1. The minimum absolute atomic E-state index is 0.0530. The molecule has 3 aromatic rings. The third-order valence-corrected chi connectivity index (χ3v) is 8.92. The Bertz CT molecular complexity index is 1420. The highest BCUT2D eigenvalue weighted by atomic mass is 32.2. The van der Waals surface area contributed by atoms with Gasteiger partial charge in [-0.25, -0.2) is 22.3 Å². The Morgan fingerprint density at radius 3 is 2.21 bits per heavy atom. The van der Waals surface area contributed by atoms with Crippen molar-refractivity contribution in [2.24, 2.45) is 5.10 Å². The fourth-order valence-corrected chi connectivity index (χ4v) is 7.49. The Balaban J connectivity index is 2.22. The fraction of sp³-hybridized carbons (Fsp3) is 0.273. The molecule has 0 atom stereocenters. The van der Waals surface area contributed by atoms with E-state index in [1.165, 1.54) is 28.9 Å². The zero-order valence-corrected chi connectivity index (χ0v) is 19.9. The van der Waals surface area contributed by atoms with Crippen molar-refractivity contribution in [1.29, 1.82) is 0 Å². The number of nitrogens with one attached hydrogen (secondary N) is 1. The number of aromatic hydroxyl groups is 1. The topological polar surface area (TPSA) is 134 Å². The highest BCUT2D eigenvalue weighted by Gasteiger charge is 2.36. The standard InChI is InChI=1S/C22H25N3O6S2/c1-3-13-32(28,29)20-17-10-7-8-12-25(17)19(21(20)33(30,31)14-4-2)22(27)24-23-15-16-9-5-6-11-18(16)26/h5-12,15,26H,3-4,13-14H2,1-2H3,(H,24,27)/b23-15-. The van der Waals surface area contributed by atoms with Crippen molar-refractivity contribution in [1.82, 2.24) is 9.83 Å². The third-order valence-electron chi connectivity index (χ3n) is 4.84. The van der Waals surface area contributed by atoms with Crippen LogP contribution in [0.4, 0.5) is 0 Å². The average Bonchev–Trinajstić information content (AvgIpc) is 3.12. The quantitative estimate of drug-likeness (QED) is 0.349. The van der Waals surface area contributed by atoms with Gasteiger partial charge >= 0.3 is 0 Å². The van der Waals surface area contributed by atoms with Crippen molar-refractivity contribution in [3.63, 3.8) is 0 Å². The maximum absolute atomic E-state index is 13.2. The Morgan fingerprint density at radius 1 is 0.970 bits per heavy atom.